The fourth-order valence-corrected chi connectivity index (χ4v) is 2.85. The van der Waals surface area contributed by atoms with E-state index < -0.39 is 11.5 Å². The number of carbonyl (C=O) groups is 1. The highest BCUT2D eigenvalue weighted by atomic mass is 16.3. The summed E-state index contributed by atoms with van der Waals surface area (Å²) >= 11 is 0. The summed E-state index contributed by atoms with van der Waals surface area (Å²) in [5.41, 5.74) is -0.488. The molecule has 134 valence electrons. The third-order valence-corrected chi connectivity index (χ3v) is 4.04. The molecule has 0 aliphatic rings. The summed E-state index contributed by atoms with van der Waals surface area (Å²) in [4.78, 5) is 24.4. The van der Waals surface area contributed by atoms with Crippen molar-refractivity contribution >= 4 is 5.91 Å². The second-order valence-corrected chi connectivity index (χ2v) is 6.21. The number of rotatable bonds is 8. The van der Waals surface area contributed by atoms with Crippen LogP contribution in [0.2, 0.25) is 0 Å². The molecule has 1 aromatic carbocycles. The summed E-state index contributed by atoms with van der Waals surface area (Å²) in [6.07, 6.45) is 2.92. The largest absolute Gasteiger partial charge is 0.388 e. The molecule has 0 saturated carbocycles. The average Bonchev–Trinajstić information content (AvgIpc) is 2.61. The minimum atomic E-state index is -0.910. The molecule has 2 N–H and O–H groups in total. The standard InChI is InChI=1S/C19H25N3O3/c1-3-12-19(25,13-4-2)14-20-18(24)16-10-11-17(23)22(21-16)15-8-6-5-7-9-15/h5-11,25H,3-4,12-14H2,1-2H3,(H,20,24). The van der Waals surface area contributed by atoms with Crippen LogP contribution in [0.15, 0.2) is 47.3 Å². The van der Waals surface area contributed by atoms with E-state index in [1.165, 1.54) is 16.8 Å². The molecule has 2 aromatic rings. The molecule has 0 atom stereocenters. The van der Waals surface area contributed by atoms with E-state index in [0.717, 1.165) is 12.8 Å². The summed E-state index contributed by atoms with van der Waals surface area (Å²) in [5, 5.41) is 17.5. The van der Waals surface area contributed by atoms with Crippen molar-refractivity contribution in [2.45, 2.75) is 45.1 Å². The van der Waals surface area contributed by atoms with Gasteiger partial charge in [0, 0.05) is 12.6 Å². The highest BCUT2D eigenvalue weighted by molar-refractivity contribution is 5.92. The summed E-state index contributed by atoms with van der Waals surface area (Å²) in [7, 11) is 0. The molecular weight excluding hydrogens is 318 g/mol. The number of carbonyl (C=O) groups excluding carboxylic acids is 1. The molecule has 6 nitrogen and oxygen atoms in total. The fraction of sp³-hybridized carbons (Fsp3) is 0.421. The second-order valence-electron chi connectivity index (χ2n) is 6.21. The number of para-hydroxylation sites is 1. The number of nitrogens with one attached hydrogen (secondary N) is 1. The Kier molecular flexibility index (Phi) is 6.47. The first-order valence-electron chi connectivity index (χ1n) is 8.65. The van der Waals surface area contributed by atoms with E-state index in [1.807, 2.05) is 19.9 Å². The van der Waals surface area contributed by atoms with E-state index >= 15 is 0 Å². The van der Waals surface area contributed by atoms with Gasteiger partial charge in [-0.2, -0.15) is 9.78 Å². The van der Waals surface area contributed by atoms with Crippen LogP contribution < -0.4 is 10.9 Å². The number of nitrogens with zero attached hydrogens (tertiary/aromatic N) is 2. The van der Waals surface area contributed by atoms with Crippen molar-refractivity contribution in [1.82, 2.24) is 15.1 Å². The number of aromatic nitrogens is 2. The monoisotopic (exact) mass is 343 g/mol. The van der Waals surface area contributed by atoms with Gasteiger partial charge in [-0.25, -0.2) is 0 Å². The number of benzene rings is 1. The molecule has 0 aliphatic heterocycles. The van der Waals surface area contributed by atoms with Gasteiger partial charge < -0.3 is 10.4 Å². The predicted octanol–water partition coefficient (Wildman–Crippen LogP) is 2.29. The van der Waals surface area contributed by atoms with Gasteiger partial charge in [-0.3, -0.25) is 9.59 Å². The Balaban J connectivity index is 2.16. The van der Waals surface area contributed by atoms with Crippen molar-refractivity contribution in [3.63, 3.8) is 0 Å². The summed E-state index contributed by atoms with van der Waals surface area (Å²) in [6.45, 7) is 4.17. The molecule has 1 aromatic heterocycles. The van der Waals surface area contributed by atoms with Gasteiger partial charge in [-0.1, -0.05) is 44.9 Å². The third-order valence-electron chi connectivity index (χ3n) is 4.04. The van der Waals surface area contributed by atoms with Crippen molar-refractivity contribution < 1.29 is 9.90 Å². The van der Waals surface area contributed by atoms with Crippen LogP contribution in [-0.4, -0.2) is 32.9 Å². The Bertz CT molecular complexity index is 750. The van der Waals surface area contributed by atoms with Crippen LogP contribution >= 0.6 is 0 Å². The van der Waals surface area contributed by atoms with Crippen molar-refractivity contribution in [2.24, 2.45) is 0 Å². The molecule has 6 heteroatoms. The van der Waals surface area contributed by atoms with Gasteiger partial charge >= 0.3 is 0 Å². The highest BCUT2D eigenvalue weighted by Crippen LogP contribution is 2.18. The Hall–Kier alpha value is -2.47. The van der Waals surface area contributed by atoms with E-state index in [4.69, 9.17) is 0 Å². The number of hydrogen-bond acceptors (Lipinski definition) is 4. The van der Waals surface area contributed by atoms with Gasteiger partial charge in [0.1, 0.15) is 5.69 Å². The van der Waals surface area contributed by atoms with Crippen LogP contribution in [0.4, 0.5) is 0 Å². The van der Waals surface area contributed by atoms with Crippen molar-refractivity contribution in [3.8, 4) is 5.69 Å². The van der Waals surface area contributed by atoms with Crippen molar-refractivity contribution in [2.75, 3.05) is 6.54 Å². The van der Waals surface area contributed by atoms with Crippen LogP contribution in [0.3, 0.4) is 0 Å². The zero-order valence-corrected chi connectivity index (χ0v) is 14.7. The van der Waals surface area contributed by atoms with Gasteiger partial charge in [0.05, 0.1) is 11.3 Å². The molecule has 1 amide bonds. The topological polar surface area (TPSA) is 84.2 Å². The van der Waals surface area contributed by atoms with E-state index in [2.05, 4.69) is 10.4 Å². The molecule has 0 bridgehead atoms. The van der Waals surface area contributed by atoms with Gasteiger partial charge in [0.25, 0.3) is 11.5 Å². The van der Waals surface area contributed by atoms with E-state index in [-0.39, 0.29) is 17.8 Å². The first-order chi connectivity index (χ1) is 12.0. The van der Waals surface area contributed by atoms with Crippen LogP contribution in [0.1, 0.15) is 50.0 Å². The number of aliphatic hydroxyl groups is 1. The lowest BCUT2D eigenvalue weighted by Gasteiger charge is -2.27. The SMILES string of the molecule is CCCC(O)(CCC)CNC(=O)c1ccc(=O)n(-c2ccccc2)n1. The molecule has 0 unspecified atom stereocenters. The number of amides is 1. The van der Waals surface area contributed by atoms with Crippen LogP contribution in [0, 0.1) is 0 Å². The molecular formula is C19H25N3O3. The first kappa shape index (κ1) is 18.9. The minimum Gasteiger partial charge on any atom is -0.388 e. The van der Waals surface area contributed by atoms with Crippen LogP contribution in [0.25, 0.3) is 5.69 Å². The maximum atomic E-state index is 12.4. The smallest absolute Gasteiger partial charge is 0.271 e. The van der Waals surface area contributed by atoms with Crippen molar-refractivity contribution in [1.29, 1.82) is 0 Å². The zero-order valence-electron chi connectivity index (χ0n) is 14.7. The Morgan fingerprint density at radius 2 is 1.76 bits per heavy atom. The molecule has 2 rings (SSSR count). The summed E-state index contributed by atoms with van der Waals surface area (Å²) < 4.78 is 1.19. The Morgan fingerprint density at radius 1 is 1.12 bits per heavy atom. The molecule has 0 spiro atoms. The lowest BCUT2D eigenvalue weighted by molar-refractivity contribution is 0.0212. The molecule has 25 heavy (non-hydrogen) atoms. The molecule has 0 aliphatic carbocycles. The Labute approximate surface area is 147 Å². The molecule has 0 radical (unpaired) electrons. The highest BCUT2D eigenvalue weighted by Gasteiger charge is 2.26. The zero-order chi connectivity index (χ0) is 18.3. The van der Waals surface area contributed by atoms with Gasteiger partial charge in [-0.15, -0.1) is 0 Å². The fourth-order valence-electron chi connectivity index (χ4n) is 2.85. The molecule has 1 heterocycles. The predicted molar refractivity (Wildman–Crippen MR) is 96.9 cm³/mol. The van der Waals surface area contributed by atoms with Crippen LogP contribution in [-0.2, 0) is 0 Å². The molecule has 0 fully saturated rings. The van der Waals surface area contributed by atoms with Gasteiger partial charge in [0.2, 0.25) is 0 Å². The Morgan fingerprint density at radius 3 is 2.36 bits per heavy atom. The van der Waals surface area contributed by atoms with E-state index in [1.54, 1.807) is 24.3 Å². The first-order valence-corrected chi connectivity index (χ1v) is 8.65. The number of hydrogen-bond donors (Lipinski definition) is 2. The van der Waals surface area contributed by atoms with Crippen LogP contribution in [0.5, 0.6) is 0 Å². The van der Waals surface area contributed by atoms with Crippen molar-refractivity contribution in [3.05, 3.63) is 58.5 Å². The lowest BCUT2D eigenvalue weighted by atomic mass is 9.92. The summed E-state index contributed by atoms with van der Waals surface area (Å²) in [5.74, 6) is -0.407. The summed E-state index contributed by atoms with van der Waals surface area (Å²) in [6, 6.07) is 11.6. The maximum Gasteiger partial charge on any atom is 0.271 e. The average molecular weight is 343 g/mol. The lowest BCUT2D eigenvalue weighted by Crippen LogP contribution is -2.43. The quantitative estimate of drug-likeness (QED) is 0.770. The van der Waals surface area contributed by atoms with E-state index in [0.29, 0.717) is 18.5 Å². The molecule has 0 saturated heterocycles. The van der Waals surface area contributed by atoms with E-state index in [9.17, 15) is 14.7 Å². The minimum absolute atomic E-state index is 0.138. The van der Waals surface area contributed by atoms with Gasteiger partial charge in [-0.05, 0) is 31.0 Å². The third kappa shape index (κ3) is 5.00. The second kappa shape index (κ2) is 8.58. The normalized spacial score (nSPS) is 11.3. The maximum absolute atomic E-state index is 12.4. The van der Waals surface area contributed by atoms with Gasteiger partial charge in [0.15, 0.2) is 0 Å².